The Labute approximate surface area is 203 Å². The molecule has 0 N–H and O–H groups in total. The number of ether oxygens (including phenoxy) is 2. The van der Waals surface area contributed by atoms with Crippen LogP contribution < -0.4 is 20.5 Å². The minimum Gasteiger partial charge on any atom is -0.497 e. The van der Waals surface area contributed by atoms with Crippen LogP contribution in [0.5, 0.6) is 11.5 Å². The Kier molecular flexibility index (Phi) is 5.62. The predicted octanol–water partition coefficient (Wildman–Crippen LogP) is 5.76. The first-order valence-electron chi connectivity index (χ1n) is 10.5. The molecule has 5 aromatic rings. The molecule has 0 amide bonds. The maximum Gasteiger partial charge on any atom is 0.351 e. The number of carbonyl (C=O) groups excluding carboxylic acids is 1. The first kappa shape index (κ1) is 22.4. The second kappa shape index (κ2) is 8.77. The maximum atomic E-state index is 13.5. The standard InChI is InChI=1S/C27H17ClO7/c1-14-11-22-18(13-20(14)28)23(29)25(24(33-22)15-7-9-17(32-2)10-8-15)35-27(31)19-12-16-5-3-4-6-21(16)34-26(19)30/h3-13H,1-2H3. The minimum atomic E-state index is -1.05. The molecule has 8 heteroatoms. The van der Waals surface area contributed by atoms with Gasteiger partial charge in [-0.05, 0) is 61.0 Å². The smallest absolute Gasteiger partial charge is 0.351 e. The largest absolute Gasteiger partial charge is 0.497 e. The highest BCUT2D eigenvalue weighted by atomic mass is 35.5. The normalized spacial score (nSPS) is 11.1. The maximum absolute atomic E-state index is 13.5. The van der Waals surface area contributed by atoms with Crippen molar-refractivity contribution in [2.24, 2.45) is 0 Å². The van der Waals surface area contributed by atoms with Gasteiger partial charge in [0.2, 0.25) is 11.2 Å². The van der Waals surface area contributed by atoms with Crippen molar-refractivity contribution in [1.29, 1.82) is 0 Å². The second-order valence-electron chi connectivity index (χ2n) is 7.79. The molecule has 2 heterocycles. The van der Waals surface area contributed by atoms with Crippen LogP contribution in [0.1, 0.15) is 15.9 Å². The monoisotopic (exact) mass is 488 g/mol. The summed E-state index contributed by atoms with van der Waals surface area (Å²) in [5.74, 6) is -0.818. The van der Waals surface area contributed by atoms with E-state index in [1.807, 2.05) is 0 Å². The first-order valence-corrected chi connectivity index (χ1v) is 10.9. The molecule has 2 aromatic heterocycles. The number of halogens is 1. The number of rotatable bonds is 4. The van der Waals surface area contributed by atoms with Crippen molar-refractivity contribution in [3.63, 3.8) is 0 Å². The average molecular weight is 489 g/mol. The van der Waals surface area contributed by atoms with Gasteiger partial charge in [0.05, 0.1) is 12.5 Å². The van der Waals surface area contributed by atoms with E-state index >= 15 is 0 Å². The van der Waals surface area contributed by atoms with E-state index in [2.05, 4.69) is 0 Å². The molecular formula is C27H17ClO7. The van der Waals surface area contributed by atoms with Gasteiger partial charge >= 0.3 is 11.6 Å². The Bertz CT molecular complexity index is 1730. The summed E-state index contributed by atoms with van der Waals surface area (Å²) in [4.78, 5) is 39.0. The molecule has 5 rings (SSSR count). The van der Waals surface area contributed by atoms with Crippen molar-refractivity contribution >= 4 is 39.5 Å². The molecule has 3 aromatic carbocycles. The SMILES string of the molecule is COc1ccc(-c2oc3cc(C)c(Cl)cc3c(=O)c2OC(=O)c2cc3ccccc3oc2=O)cc1. The quantitative estimate of drug-likeness (QED) is 0.234. The summed E-state index contributed by atoms with van der Waals surface area (Å²) in [7, 11) is 1.53. The highest BCUT2D eigenvalue weighted by molar-refractivity contribution is 6.32. The highest BCUT2D eigenvalue weighted by Gasteiger charge is 2.24. The fraction of sp³-hybridized carbons (Fsp3) is 0.0741. The van der Waals surface area contributed by atoms with Gasteiger partial charge in [-0.3, -0.25) is 4.79 Å². The fourth-order valence-electron chi connectivity index (χ4n) is 3.68. The van der Waals surface area contributed by atoms with E-state index in [9.17, 15) is 14.4 Å². The third-order valence-corrected chi connectivity index (χ3v) is 5.95. The van der Waals surface area contributed by atoms with Gasteiger partial charge in [0.15, 0.2) is 5.76 Å². The third kappa shape index (κ3) is 4.06. The van der Waals surface area contributed by atoms with Crippen LogP contribution in [0.2, 0.25) is 5.02 Å². The van der Waals surface area contributed by atoms with Gasteiger partial charge in [-0.25, -0.2) is 9.59 Å². The number of fused-ring (bicyclic) bond motifs is 2. The van der Waals surface area contributed by atoms with E-state index in [0.29, 0.717) is 32.9 Å². The zero-order valence-electron chi connectivity index (χ0n) is 18.6. The predicted molar refractivity (Wildman–Crippen MR) is 132 cm³/mol. The van der Waals surface area contributed by atoms with Crippen molar-refractivity contribution in [1.82, 2.24) is 0 Å². The van der Waals surface area contributed by atoms with E-state index < -0.39 is 17.0 Å². The number of carbonyl (C=O) groups is 1. The van der Waals surface area contributed by atoms with Crippen molar-refractivity contribution in [2.45, 2.75) is 6.92 Å². The van der Waals surface area contributed by atoms with Crippen molar-refractivity contribution in [3.05, 3.63) is 104 Å². The number of methoxy groups -OCH3 is 1. The summed E-state index contributed by atoms with van der Waals surface area (Å²) in [6.45, 7) is 1.78. The lowest BCUT2D eigenvalue weighted by Gasteiger charge is -2.12. The summed E-state index contributed by atoms with van der Waals surface area (Å²) in [5, 5.41) is 1.02. The van der Waals surface area contributed by atoms with Gasteiger partial charge in [0, 0.05) is 16.0 Å². The molecule has 0 atom stereocenters. The molecule has 0 saturated heterocycles. The molecule has 0 spiro atoms. The first-order chi connectivity index (χ1) is 16.9. The van der Waals surface area contributed by atoms with Crippen LogP contribution in [0.4, 0.5) is 0 Å². The number of benzene rings is 3. The fourth-order valence-corrected chi connectivity index (χ4v) is 3.84. The van der Waals surface area contributed by atoms with E-state index in [4.69, 9.17) is 29.9 Å². The number of aryl methyl sites for hydroxylation is 1. The Morgan fingerprint density at radius 2 is 1.66 bits per heavy atom. The third-order valence-electron chi connectivity index (χ3n) is 5.54. The van der Waals surface area contributed by atoms with Gasteiger partial charge in [-0.2, -0.15) is 0 Å². The Hall–Kier alpha value is -4.36. The molecule has 0 unspecified atom stereocenters. The van der Waals surface area contributed by atoms with Gasteiger partial charge < -0.3 is 18.3 Å². The topological polar surface area (TPSA) is 96.0 Å². The molecular weight excluding hydrogens is 472 g/mol. The zero-order chi connectivity index (χ0) is 24.7. The molecule has 0 saturated carbocycles. The summed E-state index contributed by atoms with van der Waals surface area (Å²) >= 11 is 6.22. The molecule has 0 bridgehead atoms. The average Bonchev–Trinajstić information content (AvgIpc) is 2.86. The van der Waals surface area contributed by atoms with Crippen LogP contribution in [0, 0.1) is 6.92 Å². The molecule has 35 heavy (non-hydrogen) atoms. The molecule has 0 aliphatic rings. The number of esters is 1. The number of hydrogen-bond donors (Lipinski definition) is 0. The molecule has 174 valence electrons. The summed E-state index contributed by atoms with van der Waals surface area (Å²) in [5.41, 5.74) is -0.0879. The van der Waals surface area contributed by atoms with Crippen LogP contribution >= 0.6 is 11.6 Å². The van der Waals surface area contributed by atoms with E-state index in [1.165, 1.54) is 19.2 Å². The molecule has 0 aliphatic heterocycles. The molecule has 0 radical (unpaired) electrons. The Morgan fingerprint density at radius 1 is 0.914 bits per heavy atom. The van der Waals surface area contributed by atoms with Crippen LogP contribution in [-0.4, -0.2) is 13.1 Å². The van der Waals surface area contributed by atoms with Crippen LogP contribution in [0.3, 0.4) is 0 Å². The van der Waals surface area contributed by atoms with Crippen LogP contribution in [0.25, 0.3) is 33.3 Å². The number of para-hydroxylation sites is 1. The highest BCUT2D eigenvalue weighted by Crippen LogP contribution is 2.34. The van der Waals surface area contributed by atoms with Crippen molar-refractivity contribution in [2.75, 3.05) is 7.11 Å². The van der Waals surface area contributed by atoms with Gasteiger partial charge in [0.25, 0.3) is 0 Å². The summed E-state index contributed by atoms with van der Waals surface area (Å²) in [6.07, 6.45) is 0. The van der Waals surface area contributed by atoms with Gasteiger partial charge in [-0.1, -0.05) is 29.8 Å². The zero-order valence-corrected chi connectivity index (χ0v) is 19.3. The summed E-state index contributed by atoms with van der Waals surface area (Å²) < 4.78 is 22.0. The molecule has 0 fully saturated rings. The summed E-state index contributed by atoms with van der Waals surface area (Å²) in [6, 6.07) is 17.9. The molecule has 0 aliphatic carbocycles. The van der Waals surface area contributed by atoms with Crippen molar-refractivity contribution in [3.8, 4) is 22.8 Å². The Balaban J connectivity index is 1.69. The minimum absolute atomic E-state index is 0.0189. The van der Waals surface area contributed by atoms with E-state index in [-0.39, 0.29) is 28.0 Å². The van der Waals surface area contributed by atoms with Crippen LogP contribution in [-0.2, 0) is 0 Å². The van der Waals surface area contributed by atoms with Gasteiger partial charge in [-0.15, -0.1) is 0 Å². The Morgan fingerprint density at radius 3 is 2.40 bits per heavy atom. The van der Waals surface area contributed by atoms with E-state index in [1.54, 1.807) is 61.5 Å². The number of hydrogen-bond acceptors (Lipinski definition) is 7. The van der Waals surface area contributed by atoms with Crippen LogP contribution in [0.15, 0.2) is 85.2 Å². The lowest BCUT2D eigenvalue weighted by molar-refractivity contribution is 0.0727. The molecule has 7 nitrogen and oxygen atoms in total. The van der Waals surface area contributed by atoms with Crippen molar-refractivity contribution < 1.29 is 23.1 Å². The lowest BCUT2D eigenvalue weighted by Crippen LogP contribution is -2.22. The second-order valence-corrected chi connectivity index (χ2v) is 8.20. The lowest BCUT2D eigenvalue weighted by atomic mass is 10.1. The van der Waals surface area contributed by atoms with E-state index in [0.717, 1.165) is 0 Å². The van der Waals surface area contributed by atoms with Gasteiger partial charge in [0.1, 0.15) is 22.5 Å².